The molecule has 0 saturated heterocycles. The van der Waals surface area contributed by atoms with Gasteiger partial charge in [-0.3, -0.25) is 14.9 Å². The summed E-state index contributed by atoms with van der Waals surface area (Å²) in [5, 5.41) is 8.83. The van der Waals surface area contributed by atoms with E-state index in [9.17, 15) is 9.59 Å². The third kappa shape index (κ3) is 5.59. The second-order valence-electron chi connectivity index (χ2n) is 5.35. The molecule has 0 bridgehead atoms. The van der Waals surface area contributed by atoms with Gasteiger partial charge < -0.3 is 10.6 Å². The maximum atomic E-state index is 12.0. The van der Waals surface area contributed by atoms with Gasteiger partial charge in [0.25, 0.3) is 0 Å². The molecule has 2 amide bonds. The number of carbonyl (C=O) groups is 2. The summed E-state index contributed by atoms with van der Waals surface area (Å²) in [6.45, 7) is 6.06. The van der Waals surface area contributed by atoms with Crippen LogP contribution < -0.4 is 16.0 Å². The molecule has 110 valence electrons. The highest BCUT2D eigenvalue weighted by molar-refractivity contribution is 5.84. The summed E-state index contributed by atoms with van der Waals surface area (Å²) >= 11 is 0. The van der Waals surface area contributed by atoms with E-state index in [1.54, 1.807) is 13.8 Å². The van der Waals surface area contributed by atoms with Crippen LogP contribution in [0.2, 0.25) is 0 Å². The molecule has 2 unspecified atom stereocenters. The van der Waals surface area contributed by atoms with E-state index in [4.69, 9.17) is 0 Å². The molecule has 0 aromatic carbocycles. The van der Waals surface area contributed by atoms with Crippen molar-refractivity contribution in [2.75, 3.05) is 6.54 Å². The molecule has 0 aromatic heterocycles. The molecule has 1 fully saturated rings. The Labute approximate surface area is 115 Å². The van der Waals surface area contributed by atoms with Crippen LogP contribution >= 0.6 is 0 Å². The third-order valence-corrected chi connectivity index (χ3v) is 3.59. The summed E-state index contributed by atoms with van der Waals surface area (Å²) in [6.07, 6.45) is 5.81. The Morgan fingerprint density at radius 2 is 1.63 bits per heavy atom. The lowest BCUT2D eigenvalue weighted by Crippen LogP contribution is -2.52. The van der Waals surface area contributed by atoms with Crippen molar-refractivity contribution in [3.63, 3.8) is 0 Å². The van der Waals surface area contributed by atoms with E-state index in [-0.39, 0.29) is 23.9 Å². The van der Waals surface area contributed by atoms with Crippen LogP contribution in [0, 0.1) is 0 Å². The summed E-state index contributed by atoms with van der Waals surface area (Å²) in [5.41, 5.74) is 0. The van der Waals surface area contributed by atoms with Crippen LogP contribution in [-0.2, 0) is 9.59 Å². The Kier molecular flexibility index (Phi) is 6.84. The average Bonchev–Trinajstić information content (AvgIpc) is 2.40. The Balaban J connectivity index is 2.32. The van der Waals surface area contributed by atoms with Crippen LogP contribution in [-0.4, -0.2) is 36.5 Å². The van der Waals surface area contributed by atoms with E-state index in [1.165, 1.54) is 19.3 Å². The first-order valence-corrected chi connectivity index (χ1v) is 7.38. The molecule has 0 radical (unpaired) electrons. The van der Waals surface area contributed by atoms with Crippen LogP contribution in [0.3, 0.4) is 0 Å². The first-order valence-electron chi connectivity index (χ1n) is 7.38. The highest BCUT2D eigenvalue weighted by atomic mass is 16.2. The fourth-order valence-corrected chi connectivity index (χ4v) is 2.43. The maximum Gasteiger partial charge on any atom is 0.237 e. The van der Waals surface area contributed by atoms with E-state index in [0.29, 0.717) is 12.6 Å². The van der Waals surface area contributed by atoms with Gasteiger partial charge in [0.2, 0.25) is 11.8 Å². The molecule has 19 heavy (non-hydrogen) atoms. The van der Waals surface area contributed by atoms with E-state index < -0.39 is 0 Å². The van der Waals surface area contributed by atoms with Gasteiger partial charge in [-0.05, 0) is 33.6 Å². The van der Waals surface area contributed by atoms with Gasteiger partial charge in [-0.2, -0.15) is 0 Å². The minimum Gasteiger partial charge on any atom is -0.355 e. The van der Waals surface area contributed by atoms with Gasteiger partial charge >= 0.3 is 0 Å². The predicted molar refractivity (Wildman–Crippen MR) is 75.8 cm³/mol. The molecule has 2 atom stereocenters. The summed E-state index contributed by atoms with van der Waals surface area (Å²) in [7, 11) is 0. The lowest BCUT2D eigenvalue weighted by molar-refractivity contribution is -0.125. The number of amides is 2. The van der Waals surface area contributed by atoms with Gasteiger partial charge in [-0.1, -0.05) is 19.3 Å². The standard InChI is InChI=1S/C14H27N3O2/c1-4-15-13(18)10(2)16-11(3)14(19)17-12-8-6-5-7-9-12/h10-12,16H,4-9H2,1-3H3,(H,15,18)(H,17,19). The van der Waals surface area contributed by atoms with Gasteiger partial charge in [0, 0.05) is 12.6 Å². The van der Waals surface area contributed by atoms with Crippen molar-refractivity contribution in [1.29, 1.82) is 0 Å². The molecular weight excluding hydrogens is 242 g/mol. The molecule has 1 aliphatic rings. The molecule has 3 N–H and O–H groups in total. The first-order chi connectivity index (χ1) is 9.04. The van der Waals surface area contributed by atoms with Crippen LogP contribution in [0.15, 0.2) is 0 Å². The van der Waals surface area contributed by atoms with Crippen molar-refractivity contribution in [3.05, 3.63) is 0 Å². The highest BCUT2D eigenvalue weighted by Gasteiger charge is 2.22. The first kappa shape index (κ1) is 16.0. The molecular formula is C14H27N3O2. The lowest BCUT2D eigenvalue weighted by Gasteiger charge is -2.25. The van der Waals surface area contributed by atoms with Gasteiger partial charge in [0.05, 0.1) is 12.1 Å². The van der Waals surface area contributed by atoms with Crippen molar-refractivity contribution in [2.45, 2.75) is 71.0 Å². The van der Waals surface area contributed by atoms with E-state index in [1.807, 2.05) is 6.92 Å². The number of rotatable bonds is 6. The normalized spacial score (nSPS) is 19.5. The molecule has 0 aromatic rings. The van der Waals surface area contributed by atoms with Gasteiger partial charge in [-0.15, -0.1) is 0 Å². The van der Waals surface area contributed by atoms with E-state index in [0.717, 1.165) is 12.8 Å². The zero-order valence-electron chi connectivity index (χ0n) is 12.3. The van der Waals surface area contributed by atoms with Crippen LogP contribution in [0.1, 0.15) is 52.9 Å². The molecule has 0 aliphatic heterocycles. The van der Waals surface area contributed by atoms with Gasteiger partial charge in [0.15, 0.2) is 0 Å². The summed E-state index contributed by atoms with van der Waals surface area (Å²) in [4.78, 5) is 23.6. The van der Waals surface area contributed by atoms with E-state index in [2.05, 4.69) is 16.0 Å². The maximum absolute atomic E-state index is 12.0. The fourth-order valence-electron chi connectivity index (χ4n) is 2.43. The minimum atomic E-state index is -0.355. The molecule has 0 heterocycles. The smallest absolute Gasteiger partial charge is 0.237 e. The Bertz CT molecular complexity index is 301. The van der Waals surface area contributed by atoms with Crippen LogP contribution in [0.4, 0.5) is 0 Å². The summed E-state index contributed by atoms with van der Waals surface area (Å²) in [5.74, 6) is -0.0807. The van der Waals surface area contributed by atoms with Gasteiger partial charge in [-0.25, -0.2) is 0 Å². The second-order valence-corrected chi connectivity index (χ2v) is 5.35. The molecule has 5 heteroatoms. The van der Waals surface area contributed by atoms with Crippen molar-refractivity contribution in [1.82, 2.24) is 16.0 Å². The van der Waals surface area contributed by atoms with Crippen molar-refractivity contribution in [3.8, 4) is 0 Å². The summed E-state index contributed by atoms with van der Waals surface area (Å²) < 4.78 is 0. The molecule has 0 spiro atoms. The SMILES string of the molecule is CCNC(=O)C(C)NC(C)C(=O)NC1CCCCC1. The molecule has 5 nitrogen and oxygen atoms in total. The number of hydrogen-bond acceptors (Lipinski definition) is 3. The quantitative estimate of drug-likeness (QED) is 0.672. The average molecular weight is 269 g/mol. The van der Waals surface area contributed by atoms with Crippen LogP contribution in [0.5, 0.6) is 0 Å². The molecule has 1 rings (SSSR count). The number of carbonyl (C=O) groups excluding carboxylic acids is 2. The largest absolute Gasteiger partial charge is 0.355 e. The fraction of sp³-hybridized carbons (Fsp3) is 0.857. The second kappa shape index (κ2) is 8.15. The lowest BCUT2D eigenvalue weighted by atomic mass is 9.95. The molecule has 1 saturated carbocycles. The Morgan fingerprint density at radius 1 is 1.05 bits per heavy atom. The Hall–Kier alpha value is -1.10. The molecule has 1 aliphatic carbocycles. The van der Waals surface area contributed by atoms with Gasteiger partial charge in [0.1, 0.15) is 0 Å². The van der Waals surface area contributed by atoms with Crippen molar-refractivity contribution in [2.24, 2.45) is 0 Å². The zero-order valence-corrected chi connectivity index (χ0v) is 12.3. The van der Waals surface area contributed by atoms with Crippen molar-refractivity contribution >= 4 is 11.8 Å². The predicted octanol–water partition coefficient (Wildman–Crippen LogP) is 0.938. The minimum absolute atomic E-state index is 0.0111. The zero-order chi connectivity index (χ0) is 14.3. The topological polar surface area (TPSA) is 70.2 Å². The summed E-state index contributed by atoms with van der Waals surface area (Å²) in [6, 6.07) is -0.392. The number of nitrogens with one attached hydrogen (secondary N) is 3. The monoisotopic (exact) mass is 269 g/mol. The number of likely N-dealkylation sites (N-methyl/N-ethyl adjacent to an activating group) is 1. The van der Waals surface area contributed by atoms with Crippen LogP contribution in [0.25, 0.3) is 0 Å². The van der Waals surface area contributed by atoms with Crippen molar-refractivity contribution < 1.29 is 9.59 Å². The van der Waals surface area contributed by atoms with E-state index >= 15 is 0 Å². The Morgan fingerprint density at radius 3 is 2.21 bits per heavy atom. The third-order valence-electron chi connectivity index (χ3n) is 3.59. The number of hydrogen-bond donors (Lipinski definition) is 3. The highest BCUT2D eigenvalue weighted by Crippen LogP contribution is 2.17.